The average molecular weight is 287 g/mol. The molecule has 3 aromatic carbocycles. The summed E-state index contributed by atoms with van der Waals surface area (Å²) in [4.78, 5) is 3.55. The van der Waals surface area contributed by atoms with Gasteiger partial charge in [-0.1, -0.05) is 29.8 Å². The molecule has 5 rings (SSSR count). The van der Waals surface area contributed by atoms with Crippen molar-refractivity contribution >= 4 is 53.3 Å². The molecule has 0 radical (unpaired) electrons. The van der Waals surface area contributed by atoms with Gasteiger partial charge in [0.2, 0.25) is 0 Å². The molecule has 21 heavy (non-hydrogen) atoms. The number of rotatable bonds is 0. The van der Waals surface area contributed by atoms with Crippen molar-refractivity contribution in [3.8, 4) is 0 Å². The van der Waals surface area contributed by atoms with Crippen LogP contribution in [0.15, 0.2) is 54.6 Å². The number of aromatic amines is 1. The molecular weight excluding hydrogens is 274 g/mol. The molecule has 0 atom stereocenters. The fraction of sp³-hybridized carbons (Fsp3) is 0.0526. The number of nitrogens with one attached hydrogen (secondary N) is 1. The summed E-state index contributed by atoms with van der Waals surface area (Å²) in [6.45, 7) is 2.15. The van der Waals surface area contributed by atoms with Crippen LogP contribution in [0, 0.1) is 6.92 Å². The summed E-state index contributed by atoms with van der Waals surface area (Å²) in [5.41, 5.74) is 3.76. The van der Waals surface area contributed by atoms with Gasteiger partial charge in [-0.25, -0.2) is 0 Å². The van der Waals surface area contributed by atoms with E-state index >= 15 is 0 Å². The third-order valence-electron chi connectivity index (χ3n) is 4.25. The molecule has 0 saturated heterocycles. The third kappa shape index (κ3) is 1.51. The summed E-state index contributed by atoms with van der Waals surface area (Å²) >= 11 is 1.87. The van der Waals surface area contributed by atoms with Crippen molar-refractivity contribution in [1.82, 2.24) is 4.98 Å². The zero-order valence-corrected chi connectivity index (χ0v) is 12.4. The van der Waals surface area contributed by atoms with Crippen LogP contribution < -0.4 is 0 Å². The van der Waals surface area contributed by atoms with Gasteiger partial charge in [-0.05, 0) is 37.3 Å². The largest absolute Gasteiger partial charge is 0.354 e. The molecule has 2 aromatic heterocycles. The van der Waals surface area contributed by atoms with Gasteiger partial charge in [0.25, 0.3) is 0 Å². The Bertz CT molecular complexity index is 1140. The van der Waals surface area contributed by atoms with Gasteiger partial charge in [0.05, 0.1) is 0 Å². The fourth-order valence-corrected chi connectivity index (χ4v) is 4.36. The first-order chi connectivity index (χ1) is 10.3. The molecule has 0 bridgehead atoms. The smallest absolute Gasteiger partial charge is 0.0479 e. The monoisotopic (exact) mass is 287 g/mol. The quantitative estimate of drug-likeness (QED) is 0.359. The van der Waals surface area contributed by atoms with E-state index in [1.165, 1.54) is 47.5 Å². The lowest BCUT2D eigenvalue weighted by Crippen LogP contribution is -1.71. The van der Waals surface area contributed by atoms with Gasteiger partial charge in [-0.2, -0.15) is 0 Å². The minimum atomic E-state index is 1.22. The maximum Gasteiger partial charge on any atom is 0.0479 e. The van der Waals surface area contributed by atoms with E-state index in [-0.39, 0.29) is 0 Å². The minimum Gasteiger partial charge on any atom is -0.354 e. The number of aromatic nitrogens is 1. The highest BCUT2D eigenvalue weighted by Gasteiger charge is 2.10. The van der Waals surface area contributed by atoms with E-state index < -0.39 is 0 Å². The molecule has 0 aliphatic carbocycles. The molecule has 1 nitrogen and oxygen atoms in total. The zero-order chi connectivity index (χ0) is 14.0. The first-order valence-corrected chi connectivity index (χ1v) is 7.94. The van der Waals surface area contributed by atoms with Crippen LogP contribution in [-0.2, 0) is 0 Å². The standard InChI is InChI=1S/C19H13NS/c1-11-6-7-16-13(8-11)14-9-15-12-4-2-3-5-18(12)21-19(15)10-17(14)20-16/h2-10,20H,1H3. The lowest BCUT2D eigenvalue weighted by atomic mass is 10.1. The van der Waals surface area contributed by atoms with Crippen LogP contribution in [0.25, 0.3) is 42.0 Å². The number of H-pyrrole nitrogens is 1. The van der Waals surface area contributed by atoms with Gasteiger partial charge in [-0.3, -0.25) is 0 Å². The van der Waals surface area contributed by atoms with Crippen molar-refractivity contribution < 1.29 is 0 Å². The van der Waals surface area contributed by atoms with E-state index in [4.69, 9.17) is 0 Å². The molecule has 0 unspecified atom stereocenters. The molecule has 0 spiro atoms. The SMILES string of the molecule is Cc1ccc2[nH]c3cc4sc5ccccc5c4cc3c2c1. The summed E-state index contributed by atoms with van der Waals surface area (Å²) in [6, 6.07) is 19.9. The second kappa shape index (κ2) is 3.86. The fourth-order valence-electron chi connectivity index (χ4n) is 3.23. The highest BCUT2D eigenvalue weighted by molar-refractivity contribution is 7.25. The van der Waals surface area contributed by atoms with Crippen LogP contribution in [0.4, 0.5) is 0 Å². The second-order valence-electron chi connectivity index (χ2n) is 5.67. The van der Waals surface area contributed by atoms with Crippen LogP contribution in [-0.4, -0.2) is 4.98 Å². The Balaban J connectivity index is 2.03. The van der Waals surface area contributed by atoms with Gasteiger partial charge in [0.1, 0.15) is 0 Å². The number of aryl methyl sites for hydroxylation is 1. The van der Waals surface area contributed by atoms with Crippen LogP contribution in [0.5, 0.6) is 0 Å². The van der Waals surface area contributed by atoms with Gasteiger partial charge in [-0.15, -0.1) is 11.3 Å². The number of fused-ring (bicyclic) bond motifs is 6. The normalized spacial score (nSPS) is 12.0. The van der Waals surface area contributed by atoms with Crippen LogP contribution >= 0.6 is 11.3 Å². The number of thiophene rings is 1. The van der Waals surface area contributed by atoms with Crippen molar-refractivity contribution in [3.63, 3.8) is 0 Å². The van der Waals surface area contributed by atoms with Crippen molar-refractivity contribution in [3.05, 3.63) is 60.2 Å². The van der Waals surface area contributed by atoms with E-state index in [1.807, 2.05) is 11.3 Å². The minimum absolute atomic E-state index is 1.22. The molecular formula is C19H13NS. The Hall–Kier alpha value is -2.32. The second-order valence-corrected chi connectivity index (χ2v) is 6.75. The Morgan fingerprint density at radius 1 is 0.714 bits per heavy atom. The van der Waals surface area contributed by atoms with Crippen LogP contribution in [0.2, 0.25) is 0 Å². The molecule has 5 aromatic rings. The lowest BCUT2D eigenvalue weighted by molar-refractivity contribution is 1.49. The Morgan fingerprint density at radius 3 is 2.52 bits per heavy atom. The maximum atomic E-state index is 3.55. The Morgan fingerprint density at radius 2 is 1.57 bits per heavy atom. The predicted octanol–water partition coefficient (Wildman–Crippen LogP) is 6.00. The number of hydrogen-bond donors (Lipinski definition) is 1. The number of hydrogen-bond acceptors (Lipinski definition) is 1. The highest BCUT2D eigenvalue weighted by Crippen LogP contribution is 2.38. The predicted molar refractivity (Wildman–Crippen MR) is 93.4 cm³/mol. The molecule has 0 saturated carbocycles. The molecule has 0 aliphatic heterocycles. The summed E-state index contributed by atoms with van der Waals surface area (Å²) in [5.74, 6) is 0. The van der Waals surface area contributed by atoms with Crippen molar-refractivity contribution in [2.24, 2.45) is 0 Å². The molecule has 2 heteroatoms. The molecule has 0 aliphatic rings. The summed E-state index contributed by atoms with van der Waals surface area (Å²) in [5, 5.41) is 5.37. The van der Waals surface area contributed by atoms with Crippen molar-refractivity contribution in [2.75, 3.05) is 0 Å². The van der Waals surface area contributed by atoms with Crippen molar-refractivity contribution in [2.45, 2.75) is 6.92 Å². The van der Waals surface area contributed by atoms with E-state index in [1.54, 1.807) is 0 Å². The van der Waals surface area contributed by atoms with Gasteiger partial charge >= 0.3 is 0 Å². The number of benzene rings is 3. The van der Waals surface area contributed by atoms with Gasteiger partial charge in [0.15, 0.2) is 0 Å². The lowest BCUT2D eigenvalue weighted by Gasteiger charge is -1.95. The molecule has 0 fully saturated rings. The molecule has 2 heterocycles. The van der Waals surface area contributed by atoms with E-state index in [9.17, 15) is 0 Å². The molecule has 100 valence electrons. The topological polar surface area (TPSA) is 15.8 Å². The van der Waals surface area contributed by atoms with Gasteiger partial charge < -0.3 is 4.98 Å². The third-order valence-corrected chi connectivity index (χ3v) is 5.39. The van der Waals surface area contributed by atoms with Gasteiger partial charge in [0, 0.05) is 42.0 Å². The molecule has 0 amide bonds. The summed E-state index contributed by atoms with van der Waals surface area (Å²) < 4.78 is 2.72. The van der Waals surface area contributed by atoms with E-state index in [0.29, 0.717) is 0 Å². The van der Waals surface area contributed by atoms with E-state index in [2.05, 4.69) is 66.5 Å². The Labute approximate surface area is 125 Å². The Kier molecular flexibility index (Phi) is 2.09. The average Bonchev–Trinajstić information content (AvgIpc) is 3.02. The first-order valence-electron chi connectivity index (χ1n) is 7.13. The summed E-state index contributed by atoms with van der Waals surface area (Å²) in [6.07, 6.45) is 0. The first kappa shape index (κ1) is 11.4. The van der Waals surface area contributed by atoms with Crippen molar-refractivity contribution in [1.29, 1.82) is 0 Å². The van der Waals surface area contributed by atoms with Crippen LogP contribution in [0.3, 0.4) is 0 Å². The van der Waals surface area contributed by atoms with Crippen LogP contribution in [0.1, 0.15) is 5.56 Å². The zero-order valence-electron chi connectivity index (χ0n) is 11.6. The van der Waals surface area contributed by atoms with E-state index in [0.717, 1.165) is 0 Å². The molecule has 1 N–H and O–H groups in total. The highest BCUT2D eigenvalue weighted by atomic mass is 32.1. The summed E-state index contributed by atoms with van der Waals surface area (Å²) in [7, 11) is 0. The maximum absolute atomic E-state index is 3.55.